The van der Waals surface area contributed by atoms with Crippen LogP contribution >= 0.6 is 11.6 Å². The van der Waals surface area contributed by atoms with Crippen molar-refractivity contribution in [1.82, 2.24) is 10.2 Å². The summed E-state index contributed by atoms with van der Waals surface area (Å²) in [5.41, 5.74) is 3.22. The van der Waals surface area contributed by atoms with E-state index >= 15 is 0 Å². The third kappa shape index (κ3) is 8.96. The van der Waals surface area contributed by atoms with Crippen LogP contribution in [0.15, 0.2) is 108 Å². The monoisotopic (exact) mass is 645 g/mol. The number of benzene rings is 4. The number of rotatable bonds is 11. The largest absolute Gasteiger partial charge is 0.350 e. The predicted molar refractivity (Wildman–Crippen MR) is 181 cm³/mol. The molecule has 45 heavy (non-hydrogen) atoms. The predicted octanol–water partition coefficient (Wildman–Crippen LogP) is 6.71. The molecule has 0 aromatic heterocycles. The first-order valence-corrected chi connectivity index (χ1v) is 16.6. The topological polar surface area (TPSA) is 86.8 Å². The van der Waals surface area contributed by atoms with Gasteiger partial charge < -0.3 is 10.2 Å². The van der Waals surface area contributed by atoms with Crippen LogP contribution in [0.2, 0.25) is 5.02 Å². The molecule has 0 aliphatic heterocycles. The molecule has 4 rings (SSSR count). The SMILES string of the molecule is Cc1ccc(CN(C(=O)CN(c2ccccc2Cl)S(=O)(=O)c2ccc(C)cc2)C(Cc2ccccc2)C(=O)NC(C)(C)C)cc1. The van der Waals surface area contributed by atoms with Crippen LogP contribution in [0.5, 0.6) is 0 Å². The molecule has 0 aliphatic rings. The molecule has 4 aromatic rings. The van der Waals surface area contributed by atoms with Gasteiger partial charge in [0.1, 0.15) is 12.6 Å². The molecular formula is C36H40ClN3O4S. The Balaban J connectivity index is 1.82. The number of halogens is 1. The van der Waals surface area contributed by atoms with Crippen LogP contribution in [0, 0.1) is 13.8 Å². The van der Waals surface area contributed by atoms with Crippen molar-refractivity contribution < 1.29 is 18.0 Å². The molecule has 1 atom stereocenters. The molecule has 1 unspecified atom stereocenters. The van der Waals surface area contributed by atoms with Gasteiger partial charge in [0.25, 0.3) is 10.0 Å². The number of nitrogens with zero attached hydrogens (tertiary/aromatic N) is 2. The molecule has 2 amide bonds. The Morgan fingerprint density at radius 3 is 1.91 bits per heavy atom. The van der Waals surface area contributed by atoms with E-state index in [9.17, 15) is 18.0 Å². The van der Waals surface area contributed by atoms with E-state index in [1.54, 1.807) is 36.4 Å². The molecule has 4 aromatic carbocycles. The van der Waals surface area contributed by atoms with E-state index in [-0.39, 0.29) is 34.5 Å². The van der Waals surface area contributed by atoms with Gasteiger partial charge in [0, 0.05) is 18.5 Å². The number of carbonyl (C=O) groups is 2. The molecule has 7 nitrogen and oxygen atoms in total. The Bertz CT molecular complexity index is 1720. The normalized spacial score (nSPS) is 12.3. The van der Waals surface area contributed by atoms with Crippen molar-refractivity contribution in [3.63, 3.8) is 0 Å². The Morgan fingerprint density at radius 1 is 0.778 bits per heavy atom. The van der Waals surface area contributed by atoms with Crippen LogP contribution in [0.25, 0.3) is 0 Å². The standard InChI is InChI=1S/C36H40ClN3O4S/c1-26-15-19-29(20-16-26)24-39(33(35(42)38-36(3,4)5)23-28-11-7-6-8-12-28)34(41)25-40(32-14-10-9-13-31(32)37)45(43,44)30-21-17-27(2)18-22-30/h6-22,33H,23-25H2,1-5H3,(H,38,42). The average molecular weight is 646 g/mol. The molecule has 0 fully saturated rings. The molecule has 0 radical (unpaired) electrons. The fourth-order valence-corrected chi connectivity index (χ4v) is 6.62. The number of sulfonamides is 1. The van der Waals surface area contributed by atoms with Crippen LogP contribution in [0.4, 0.5) is 5.69 Å². The van der Waals surface area contributed by atoms with Crippen LogP contribution in [0.1, 0.15) is 43.0 Å². The molecule has 0 spiro atoms. The lowest BCUT2D eigenvalue weighted by atomic mass is 10.0. The third-order valence-electron chi connectivity index (χ3n) is 7.25. The number of nitrogens with one attached hydrogen (secondary N) is 1. The van der Waals surface area contributed by atoms with Crippen LogP contribution < -0.4 is 9.62 Å². The highest BCUT2D eigenvalue weighted by atomic mass is 35.5. The number of carbonyl (C=O) groups excluding carboxylic acids is 2. The van der Waals surface area contributed by atoms with Crippen molar-refractivity contribution in [3.8, 4) is 0 Å². The zero-order chi connectivity index (χ0) is 32.8. The molecular weight excluding hydrogens is 606 g/mol. The minimum absolute atomic E-state index is 0.0252. The highest BCUT2D eigenvalue weighted by Gasteiger charge is 2.36. The second-order valence-corrected chi connectivity index (χ2v) is 14.5. The van der Waals surface area contributed by atoms with Crippen LogP contribution in [-0.2, 0) is 32.6 Å². The molecule has 0 heterocycles. The smallest absolute Gasteiger partial charge is 0.264 e. The Hall–Kier alpha value is -4.14. The van der Waals surface area contributed by atoms with E-state index < -0.39 is 34.1 Å². The van der Waals surface area contributed by atoms with Gasteiger partial charge in [-0.3, -0.25) is 13.9 Å². The van der Waals surface area contributed by atoms with E-state index in [1.165, 1.54) is 17.0 Å². The average Bonchev–Trinajstić information content (AvgIpc) is 2.99. The molecule has 0 bridgehead atoms. The maximum atomic E-state index is 14.5. The van der Waals surface area contributed by atoms with Crippen molar-refractivity contribution in [2.75, 3.05) is 10.8 Å². The van der Waals surface area contributed by atoms with Crippen molar-refractivity contribution >= 4 is 39.1 Å². The van der Waals surface area contributed by atoms with Crippen LogP contribution in [0.3, 0.4) is 0 Å². The molecule has 9 heteroatoms. The van der Waals surface area contributed by atoms with Gasteiger partial charge in [0.05, 0.1) is 15.6 Å². The Kier molecular flexibility index (Phi) is 10.7. The maximum Gasteiger partial charge on any atom is 0.264 e. The van der Waals surface area contributed by atoms with E-state index in [0.29, 0.717) is 0 Å². The fraction of sp³-hybridized carbons (Fsp3) is 0.278. The lowest BCUT2D eigenvalue weighted by molar-refractivity contribution is -0.140. The summed E-state index contributed by atoms with van der Waals surface area (Å²) in [6.45, 7) is 9.00. The number of hydrogen-bond donors (Lipinski definition) is 1. The summed E-state index contributed by atoms with van der Waals surface area (Å²) in [5.74, 6) is -0.881. The minimum atomic E-state index is -4.23. The Labute approximate surface area is 271 Å². The summed E-state index contributed by atoms with van der Waals surface area (Å²) in [6, 6.07) is 29.2. The molecule has 0 saturated heterocycles. The lowest BCUT2D eigenvalue weighted by Crippen LogP contribution is -2.56. The van der Waals surface area contributed by atoms with E-state index in [2.05, 4.69) is 5.32 Å². The summed E-state index contributed by atoms with van der Waals surface area (Å²) in [6.07, 6.45) is 0.233. The van der Waals surface area contributed by atoms with E-state index in [1.807, 2.05) is 89.2 Å². The number of anilines is 1. The van der Waals surface area contributed by atoms with E-state index in [4.69, 9.17) is 11.6 Å². The van der Waals surface area contributed by atoms with Crippen molar-refractivity contribution in [1.29, 1.82) is 0 Å². The molecule has 236 valence electrons. The molecule has 0 aliphatic carbocycles. The maximum absolute atomic E-state index is 14.5. The van der Waals surface area contributed by atoms with Crippen LogP contribution in [-0.4, -0.2) is 43.3 Å². The second kappa shape index (κ2) is 14.3. The Morgan fingerprint density at radius 2 is 1.33 bits per heavy atom. The minimum Gasteiger partial charge on any atom is -0.350 e. The van der Waals surface area contributed by atoms with Gasteiger partial charge in [-0.05, 0) is 70.0 Å². The van der Waals surface area contributed by atoms with Gasteiger partial charge in [-0.2, -0.15) is 0 Å². The number of aryl methyl sites for hydroxylation is 2. The van der Waals surface area contributed by atoms with Gasteiger partial charge in [0.15, 0.2) is 0 Å². The number of hydrogen-bond acceptors (Lipinski definition) is 4. The quantitative estimate of drug-likeness (QED) is 0.197. The summed E-state index contributed by atoms with van der Waals surface area (Å²) >= 11 is 6.54. The lowest BCUT2D eigenvalue weighted by Gasteiger charge is -2.35. The second-order valence-electron chi connectivity index (χ2n) is 12.2. The van der Waals surface area contributed by atoms with Crippen molar-refractivity contribution in [2.24, 2.45) is 0 Å². The fourth-order valence-electron chi connectivity index (χ4n) is 4.90. The number of amides is 2. The highest BCUT2D eigenvalue weighted by Crippen LogP contribution is 2.31. The number of para-hydroxylation sites is 1. The van der Waals surface area contributed by atoms with Gasteiger partial charge in [-0.1, -0.05) is 102 Å². The first-order valence-electron chi connectivity index (χ1n) is 14.8. The highest BCUT2D eigenvalue weighted by molar-refractivity contribution is 7.92. The summed E-state index contributed by atoms with van der Waals surface area (Å²) < 4.78 is 29.3. The zero-order valence-electron chi connectivity index (χ0n) is 26.3. The summed E-state index contributed by atoms with van der Waals surface area (Å²) in [7, 11) is -4.23. The van der Waals surface area contributed by atoms with Gasteiger partial charge >= 0.3 is 0 Å². The summed E-state index contributed by atoms with van der Waals surface area (Å²) in [4.78, 5) is 30.0. The van der Waals surface area contributed by atoms with Gasteiger partial charge in [-0.25, -0.2) is 8.42 Å². The van der Waals surface area contributed by atoms with Gasteiger partial charge in [-0.15, -0.1) is 0 Å². The van der Waals surface area contributed by atoms with Gasteiger partial charge in [0.2, 0.25) is 11.8 Å². The first kappa shape index (κ1) is 33.7. The van der Waals surface area contributed by atoms with Crippen molar-refractivity contribution in [2.45, 2.75) is 64.1 Å². The zero-order valence-corrected chi connectivity index (χ0v) is 27.9. The summed E-state index contributed by atoms with van der Waals surface area (Å²) in [5, 5.41) is 3.22. The van der Waals surface area contributed by atoms with Crippen molar-refractivity contribution in [3.05, 3.63) is 130 Å². The molecule has 0 saturated carbocycles. The van der Waals surface area contributed by atoms with E-state index in [0.717, 1.165) is 26.6 Å². The first-order chi connectivity index (χ1) is 21.2. The third-order valence-corrected chi connectivity index (χ3v) is 9.35. The molecule has 1 N–H and O–H groups in total.